The second-order valence-corrected chi connectivity index (χ2v) is 8.04. The van der Waals surface area contributed by atoms with Crippen LogP contribution in [0.15, 0.2) is 53.3 Å². The van der Waals surface area contributed by atoms with Crippen LogP contribution in [0.1, 0.15) is 36.4 Å². The van der Waals surface area contributed by atoms with Crippen molar-refractivity contribution in [1.29, 1.82) is 0 Å². The topological polar surface area (TPSA) is 42.0 Å². The third kappa shape index (κ3) is 4.84. The molecule has 1 atom stereocenters. The average molecular weight is 405 g/mol. The number of hydrogen-bond donors (Lipinski definition) is 1. The van der Waals surface area contributed by atoms with Crippen LogP contribution >= 0.6 is 27.7 Å². The van der Waals surface area contributed by atoms with Crippen LogP contribution in [0.25, 0.3) is 0 Å². The Labute approximate surface area is 155 Å². The molecule has 1 amide bonds. The molecular weight excluding hydrogens is 384 g/mol. The van der Waals surface area contributed by atoms with E-state index in [0.717, 1.165) is 15.8 Å². The maximum atomic E-state index is 12.4. The summed E-state index contributed by atoms with van der Waals surface area (Å²) in [6, 6.07) is 12.4. The number of pyridine rings is 1. The number of aromatic nitrogens is 1. The van der Waals surface area contributed by atoms with Crippen LogP contribution in [0.4, 0.5) is 0 Å². The number of carbonyl (C=O) groups excluding carboxylic acids is 1. The molecule has 24 heavy (non-hydrogen) atoms. The highest BCUT2D eigenvalue weighted by molar-refractivity contribution is 9.10. The van der Waals surface area contributed by atoms with Crippen molar-refractivity contribution in [3.05, 3.63) is 64.4 Å². The smallest absolute Gasteiger partial charge is 0.230 e. The Kier molecular flexibility index (Phi) is 6.32. The van der Waals surface area contributed by atoms with Crippen molar-refractivity contribution in [3.8, 4) is 0 Å². The fraction of sp³-hybridized carbons (Fsp3) is 0.368. The summed E-state index contributed by atoms with van der Waals surface area (Å²) in [6.45, 7) is 0. The van der Waals surface area contributed by atoms with Gasteiger partial charge in [-0.05, 0) is 48.1 Å². The molecule has 1 fully saturated rings. The molecule has 1 heterocycles. The monoisotopic (exact) mass is 404 g/mol. The molecule has 1 N–H and O–H groups in total. The highest BCUT2D eigenvalue weighted by Gasteiger charge is 2.29. The van der Waals surface area contributed by atoms with E-state index in [2.05, 4.69) is 38.4 Å². The Morgan fingerprint density at radius 1 is 1.29 bits per heavy atom. The summed E-state index contributed by atoms with van der Waals surface area (Å²) in [5, 5.41) is 3.25. The molecule has 3 rings (SSSR count). The van der Waals surface area contributed by atoms with Gasteiger partial charge in [-0.1, -0.05) is 40.5 Å². The molecule has 3 nitrogen and oxygen atoms in total. The summed E-state index contributed by atoms with van der Waals surface area (Å²) in [4.78, 5) is 16.5. The van der Waals surface area contributed by atoms with Crippen molar-refractivity contribution in [3.63, 3.8) is 0 Å². The normalized spacial score (nSPS) is 15.5. The van der Waals surface area contributed by atoms with Crippen molar-refractivity contribution in [2.45, 2.75) is 31.1 Å². The Morgan fingerprint density at radius 3 is 2.71 bits per heavy atom. The lowest BCUT2D eigenvalue weighted by molar-refractivity contribution is -0.119. The maximum absolute atomic E-state index is 12.4. The van der Waals surface area contributed by atoms with Crippen LogP contribution in [0.5, 0.6) is 0 Å². The fourth-order valence-electron chi connectivity index (χ4n) is 2.88. The lowest BCUT2D eigenvalue weighted by Gasteiger charge is -2.34. The number of amides is 1. The quantitative estimate of drug-likeness (QED) is 0.724. The highest BCUT2D eigenvalue weighted by Crippen LogP contribution is 2.38. The lowest BCUT2D eigenvalue weighted by atomic mass is 9.77. The molecule has 1 aromatic carbocycles. The number of halogens is 1. The van der Waals surface area contributed by atoms with Crippen LogP contribution in [-0.2, 0) is 10.5 Å². The summed E-state index contributed by atoms with van der Waals surface area (Å²) in [5.74, 6) is 1.98. The van der Waals surface area contributed by atoms with Crippen molar-refractivity contribution < 1.29 is 4.79 Å². The SMILES string of the molecule is O=C(CSCc1cccnc1)NC(c1ccc(Br)cc1)C1CCC1. The van der Waals surface area contributed by atoms with E-state index >= 15 is 0 Å². The summed E-state index contributed by atoms with van der Waals surface area (Å²) in [6.07, 6.45) is 7.28. The van der Waals surface area contributed by atoms with Crippen molar-refractivity contribution in [2.75, 3.05) is 5.75 Å². The van der Waals surface area contributed by atoms with Gasteiger partial charge in [0, 0.05) is 22.6 Å². The Morgan fingerprint density at radius 2 is 2.08 bits per heavy atom. The minimum Gasteiger partial charge on any atom is -0.348 e. The van der Waals surface area contributed by atoms with Crippen molar-refractivity contribution >= 4 is 33.6 Å². The Bertz CT molecular complexity index is 659. The maximum Gasteiger partial charge on any atom is 0.230 e. The highest BCUT2D eigenvalue weighted by atomic mass is 79.9. The van der Waals surface area contributed by atoms with Gasteiger partial charge in [0.2, 0.25) is 5.91 Å². The van der Waals surface area contributed by atoms with Gasteiger partial charge in [-0.2, -0.15) is 0 Å². The van der Waals surface area contributed by atoms with Crippen LogP contribution in [0.3, 0.4) is 0 Å². The summed E-state index contributed by atoms with van der Waals surface area (Å²) >= 11 is 5.11. The van der Waals surface area contributed by atoms with Crippen LogP contribution < -0.4 is 5.32 Å². The zero-order valence-corrected chi connectivity index (χ0v) is 15.9. The van der Waals surface area contributed by atoms with Crippen LogP contribution in [0, 0.1) is 5.92 Å². The lowest BCUT2D eigenvalue weighted by Crippen LogP contribution is -2.37. The second kappa shape index (κ2) is 8.67. The molecule has 1 aromatic heterocycles. The molecule has 1 saturated carbocycles. The minimum absolute atomic E-state index is 0.115. The molecule has 0 bridgehead atoms. The first-order valence-corrected chi connectivity index (χ1v) is 10.2. The number of hydrogen-bond acceptors (Lipinski definition) is 3. The molecule has 126 valence electrons. The van der Waals surface area contributed by atoms with Gasteiger partial charge >= 0.3 is 0 Å². The first-order chi connectivity index (χ1) is 11.7. The summed E-state index contributed by atoms with van der Waals surface area (Å²) in [5.41, 5.74) is 2.35. The molecule has 1 unspecified atom stereocenters. The Hall–Kier alpha value is -1.33. The van der Waals surface area contributed by atoms with Crippen molar-refractivity contribution in [2.24, 2.45) is 5.92 Å². The summed E-state index contributed by atoms with van der Waals surface area (Å²) in [7, 11) is 0. The zero-order valence-electron chi connectivity index (χ0n) is 13.5. The third-order valence-corrected chi connectivity index (χ3v) is 5.92. The van der Waals surface area contributed by atoms with Gasteiger partial charge in [0.1, 0.15) is 0 Å². The van der Waals surface area contributed by atoms with Crippen molar-refractivity contribution in [1.82, 2.24) is 10.3 Å². The Balaban J connectivity index is 1.54. The first-order valence-electron chi connectivity index (χ1n) is 8.24. The molecule has 0 spiro atoms. The van der Waals surface area contributed by atoms with Crippen LogP contribution in [0.2, 0.25) is 0 Å². The molecule has 1 aliphatic carbocycles. The van der Waals surface area contributed by atoms with E-state index < -0.39 is 0 Å². The average Bonchev–Trinajstić information content (AvgIpc) is 2.54. The van der Waals surface area contributed by atoms with Gasteiger partial charge in [0.15, 0.2) is 0 Å². The standard InChI is InChI=1S/C19H21BrN2OS/c20-17-8-6-16(7-9-17)19(15-4-1-5-15)22-18(23)13-24-12-14-3-2-10-21-11-14/h2-3,6-11,15,19H,1,4-5,12-13H2,(H,22,23). The van der Waals surface area contributed by atoms with E-state index in [4.69, 9.17) is 0 Å². The van der Waals surface area contributed by atoms with Gasteiger partial charge in [0.25, 0.3) is 0 Å². The number of benzene rings is 1. The van der Waals surface area contributed by atoms with Gasteiger partial charge < -0.3 is 5.32 Å². The van der Waals surface area contributed by atoms with Gasteiger partial charge in [-0.25, -0.2) is 0 Å². The zero-order chi connectivity index (χ0) is 16.8. The van der Waals surface area contributed by atoms with Gasteiger partial charge in [-0.15, -0.1) is 11.8 Å². The first kappa shape index (κ1) is 17.5. The van der Waals surface area contributed by atoms with Gasteiger partial charge in [0.05, 0.1) is 11.8 Å². The molecule has 0 aliphatic heterocycles. The van der Waals surface area contributed by atoms with E-state index in [1.807, 2.05) is 30.5 Å². The summed E-state index contributed by atoms with van der Waals surface area (Å²) < 4.78 is 1.07. The molecule has 0 radical (unpaired) electrons. The number of carbonyl (C=O) groups is 1. The number of nitrogens with one attached hydrogen (secondary N) is 1. The fourth-order valence-corrected chi connectivity index (χ4v) is 3.92. The van der Waals surface area contributed by atoms with E-state index in [-0.39, 0.29) is 11.9 Å². The number of rotatable bonds is 7. The van der Waals surface area contributed by atoms with E-state index in [0.29, 0.717) is 11.7 Å². The molecule has 0 saturated heterocycles. The molecule has 1 aliphatic rings. The molecule has 5 heteroatoms. The van der Waals surface area contributed by atoms with Gasteiger partial charge in [-0.3, -0.25) is 9.78 Å². The number of nitrogens with zero attached hydrogens (tertiary/aromatic N) is 1. The largest absolute Gasteiger partial charge is 0.348 e. The molecular formula is C19H21BrN2OS. The predicted molar refractivity (Wildman–Crippen MR) is 103 cm³/mol. The van der Waals surface area contributed by atoms with E-state index in [1.165, 1.54) is 24.8 Å². The van der Waals surface area contributed by atoms with Crippen LogP contribution in [-0.4, -0.2) is 16.6 Å². The predicted octanol–water partition coefficient (Wildman–Crippen LogP) is 4.73. The van der Waals surface area contributed by atoms with E-state index in [1.54, 1.807) is 18.0 Å². The van der Waals surface area contributed by atoms with E-state index in [9.17, 15) is 4.79 Å². The third-order valence-electron chi connectivity index (χ3n) is 4.39. The minimum atomic E-state index is 0.115. The number of thioether (sulfide) groups is 1. The second-order valence-electron chi connectivity index (χ2n) is 6.14. The molecule has 2 aromatic rings.